The van der Waals surface area contributed by atoms with Gasteiger partial charge in [-0.05, 0) is 24.6 Å². The monoisotopic (exact) mass is 212 g/mol. The largest absolute Gasteiger partial charge is 0.320 e. The summed E-state index contributed by atoms with van der Waals surface area (Å²) in [4.78, 5) is 3.88. The van der Waals surface area contributed by atoms with Crippen molar-refractivity contribution in [3.63, 3.8) is 0 Å². The molecular formula is C11H14F2N2. The van der Waals surface area contributed by atoms with Crippen LogP contribution in [-0.2, 0) is 0 Å². The molecule has 0 saturated carbocycles. The van der Waals surface area contributed by atoms with Crippen LogP contribution in [0.2, 0.25) is 0 Å². The number of aromatic nitrogens is 2. The maximum Gasteiger partial charge on any atom is 0.320 e. The highest BCUT2D eigenvalue weighted by atomic mass is 19.3. The summed E-state index contributed by atoms with van der Waals surface area (Å²) < 4.78 is 25.6. The Hall–Kier alpha value is -1.45. The summed E-state index contributed by atoms with van der Waals surface area (Å²) in [6, 6.07) is 5.24. The predicted molar refractivity (Wildman–Crippen MR) is 57.1 cm³/mol. The molecule has 0 aliphatic rings. The molecule has 0 bridgehead atoms. The van der Waals surface area contributed by atoms with Crippen molar-refractivity contribution < 1.29 is 8.78 Å². The SMILES string of the molecule is CC.Cc1ccc2c(c1)ncn2C(F)F. The van der Waals surface area contributed by atoms with E-state index in [-0.39, 0.29) is 0 Å². The molecule has 1 aromatic heterocycles. The Labute approximate surface area is 87.5 Å². The number of fused-ring (bicyclic) bond motifs is 1. The van der Waals surface area contributed by atoms with Crippen LogP contribution in [0, 0.1) is 6.92 Å². The predicted octanol–water partition coefficient (Wildman–Crippen LogP) is 3.77. The first-order valence-electron chi connectivity index (χ1n) is 4.90. The lowest BCUT2D eigenvalue weighted by Crippen LogP contribution is -1.94. The Morgan fingerprint density at radius 1 is 1.27 bits per heavy atom. The van der Waals surface area contributed by atoms with E-state index in [1.54, 1.807) is 18.2 Å². The third kappa shape index (κ3) is 2.32. The average Bonchev–Trinajstić information content (AvgIpc) is 2.63. The zero-order valence-corrected chi connectivity index (χ0v) is 9.04. The van der Waals surface area contributed by atoms with Gasteiger partial charge in [-0.3, -0.25) is 4.57 Å². The van der Waals surface area contributed by atoms with E-state index in [0.29, 0.717) is 11.0 Å². The molecule has 82 valence electrons. The molecule has 1 aromatic carbocycles. The molecular weight excluding hydrogens is 198 g/mol. The smallest absolute Gasteiger partial charge is 0.273 e. The standard InChI is InChI=1S/C9H8F2N2.C2H6/c1-6-2-3-8-7(4-6)12-5-13(8)9(10)11;1-2/h2-5,9H,1H3;1-2H3. The summed E-state index contributed by atoms with van der Waals surface area (Å²) in [5.74, 6) is 0. The normalized spacial score (nSPS) is 10.3. The number of halogens is 2. The number of hydrogen-bond acceptors (Lipinski definition) is 1. The highest BCUT2D eigenvalue weighted by molar-refractivity contribution is 5.76. The van der Waals surface area contributed by atoms with E-state index in [1.165, 1.54) is 0 Å². The molecule has 0 unspecified atom stereocenters. The number of alkyl halides is 2. The van der Waals surface area contributed by atoms with Gasteiger partial charge in [-0.25, -0.2) is 4.98 Å². The minimum atomic E-state index is -2.52. The van der Waals surface area contributed by atoms with Gasteiger partial charge in [0, 0.05) is 0 Å². The third-order valence-electron chi connectivity index (χ3n) is 1.94. The van der Waals surface area contributed by atoms with E-state index in [9.17, 15) is 8.78 Å². The van der Waals surface area contributed by atoms with Crippen LogP contribution >= 0.6 is 0 Å². The van der Waals surface area contributed by atoms with Crippen molar-refractivity contribution in [1.82, 2.24) is 9.55 Å². The van der Waals surface area contributed by atoms with E-state index in [0.717, 1.165) is 16.5 Å². The lowest BCUT2D eigenvalue weighted by Gasteiger charge is -2.00. The fraction of sp³-hybridized carbons (Fsp3) is 0.364. The molecule has 1 heterocycles. The van der Waals surface area contributed by atoms with Crippen molar-refractivity contribution in [3.8, 4) is 0 Å². The van der Waals surface area contributed by atoms with Crippen LogP contribution in [0.1, 0.15) is 26.0 Å². The Morgan fingerprint density at radius 2 is 1.93 bits per heavy atom. The summed E-state index contributed by atoms with van der Waals surface area (Å²) in [5, 5.41) is 0. The maximum absolute atomic E-state index is 12.4. The molecule has 2 nitrogen and oxygen atoms in total. The number of aryl methyl sites for hydroxylation is 1. The van der Waals surface area contributed by atoms with Crippen LogP contribution in [0.4, 0.5) is 8.78 Å². The van der Waals surface area contributed by atoms with Gasteiger partial charge in [-0.1, -0.05) is 19.9 Å². The number of imidazole rings is 1. The lowest BCUT2D eigenvalue weighted by atomic mass is 10.2. The Balaban J connectivity index is 0.000000531. The Morgan fingerprint density at radius 3 is 2.53 bits per heavy atom. The quantitative estimate of drug-likeness (QED) is 0.703. The van der Waals surface area contributed by atoms with Gasteiger partial charge in [0.05, 0.1) is 11.0 Å². The van der Waals surface area contributed by atoms with Crippen LogP contribution in [0.3, 0.4) is 0 Å². The molecule has 0 N–H and O–H groups in total. The molecule has 0 aliphatic carbocycles. The topological polar surface area (TPSA) is 17.8 Å². The van der Waals surface area contributed by atoms with Crippen LogP contribution in [0.5, 0.6) is 0 Å². The summed E-state index contributed by atoms with van der Waals surface area (Å²) in [5.41, 5.74) is 2.10. The van der Waals surface area contributed by atoms with E-state index in [4.69, 9.17) is 0 Å². The minimum Gasteiger partial charge on any atom is -0.273 e. The molecule has 0 fully saturated rings. The zero-order chi connectivity index (χ0) is 11.4. The zero-order valence-electron chi connectivity index (χ0n) is 9.04. The number of hydrogen-bond donors (Lipinski definition) is 0. The highest BCUT2D eigenvalue weighted by Crippen LogP contribution is 2.20. The molecule has 2 rings (SSSR count). The fourth-order valence-corrected chi connectivity index (χ4v) is 1.30. The number of nitrogens with zero attached hydrogens (tertiary/aromatic N) is 2. The van der Waals surface area contributed by atoms with Crippen molar-refractivity contribution >= 4 is 11.0 Å². The van der Waals surface area contributed by atoms with E-state index < -0.39 is 6.55 Å². The summed E-state index contributed by atoms with van der Waals surface area (Å²) in [6.07, 6.45) is 1.16. The van der Waals surface area contributed by atoms with Gasteiger partial charge in [0.1, 0.15) is 6.33 Å². The first kappa shape index (κ1) is 11.6. The summed E-state index contributed by atoms with van der Waals surface area (Å²) in [6.45, 7) is 3.38. The van der Waals surface area contributed by atoms with Crippen molar-refractivity contribution in [1.29, 1.82) is 0 Å². The number of rotatable bonds is 1. The van der Waals surface area contributed by atoms with E-state index in [2.05, 4.69) is 4.98 Å². The first-order chi connectivity index (χ1) is 7.18. The molecule has 0 amide bonds. The molecule has 0 spiro atoms. The minimum absolute atomic E-state index is 0.473. The maximum atomic E-state index is 12.4. The fourth-order valence-electron chi connectivity index (χ4n) is 1.30. The van der Waals surface area contributed by atoms with Crippen LogP contribution in [0.15, 0.2) is 24.5 Å². The molecule has 0 atom stereocenters. The summed E-state index contributed by atoms with van der Waals surface area (Å²) in [7, 11) is 0. The van der Waals surface area contributed by atoms with Crippen LogP contribution in [-0.4, -0.2) is 9.55 Å². The number of benzene rings is 1. The first-order valence-corrected chi connectivity index (χ1v) is 4.90. The molecule has 15 heavy (non-hydrogen) atoms. The Bertz CT molecular complexity index is 435. The van der Waals surface area contributed by atoms with Gasteiger partial charge in [-0.2, -0.15) is 8.78 Å². The van der Waals surface area contributed by atoms with Gasteiger partial charge in [0.2, 0.25) is 0 Å². The third-order valence-corrected chi connectivity index (χ3v) is 1.94. The van der Waals surface area contributed by atoms with Gasteiger partial charge < -0.3 is 0 Å². The van der Waals surface area contributed by atoms with Crippen molar-refractivity contribution in [2.24, 2.45) is 0 Å². The Kier molecular flexibility index (Phi) is 3.77. The van der Waals surface area contributed by atoms with Gasteiger partial charge in [0.25, 0.3) is 0 Å². The highest BCUT2D eigenvalue weighted by Gasteiger charge is 2.09. The van der Waals surface area contributed by atoms with Crippen molar-refractivity contribution in [3.05, 3.63) is 30.1 Å². The second-order valence-electron chi connectivity index (χ2n) is 2.92. The summed E-state index contributed by atoms with van der Waals surface area (Å²) >= 11 is 0. The molecule has 0 radical (unpaired) electrons. The van der Waals surface area contributed by atoms with E-state index in [1.807, 2.05) is 20.8 Å². The van der Waals surface area contributed by atoms with Crippen LogP contribution in [0.25, 0.3) is 11.0 Å². The molecule has 0 saturated heterocycles. The van der Waals surface area contributed by atoms with Gasteiger partial charge in [-0.15, -0.1) is 0 Å². The lowest BCUT2D eigenvalue weighted by molar-refractivity contribution is 0.0746. The van der Waals surface area contributed by atoms with Gasteiger partial charge in [0.15, 0.2) is 0 Å². The van der Waals surface area contributed by atoms with Crippen LogP contribution < -0.4 is 0 Å². The second-order valence-corrected chi connectivity index (χ2v) is 2.92. The molecule has 0 aliphatic heterocycles. The molecule has 4 heteroatoms. The second kappa shape index (κ2) is 4.87. The van der Waals surface area contributed by atoms with E-state index >= 15 is 0 Å². The van der Waals surface area contributed by atoms with Crippen molar-refractivity contribution in [2.75, 3.05) is 0 Å². The molecule has 2 aromatic rings. The average molecular weight is 212 g/mol. The van der Waals surface area contributed by atoms with Crippen molar-refractivity contribution in [2.45, 2.75) is 27.3 Å². The van der Waals surface area contributed by atoms with Gasteiger partial charge >= 0.3 is 6.55 Å².